The minimum Gasteiger partial charge on any atom is -0.493 e. The zero-order valence-electron chi connectivity index (χ0n) is 17.6. The number of amides is 1. The van der Waals surface area contributed by atoms with E-state index in [0.29, 0.717) is 24.5 Å². The highest BCUT2D eigenvalue weighted by Crippen LogP contribution is 2.36. The molecule has 4 rings (SSSR count). The van der Waals surface area contributed by atoms with Gasteiger partial charge >= 0.3 is 5.97 Å². The van der Waals surface area contributed by atoms with E-state index in [0.717, 1.165) is 15.5 Å². The Morgan fingerprint density at radius 2 is 1.94 bits per heavy atom. The molecule has 7 nitrogen and oxygen atoms in total. The zero-order chi connectivity index (χ0) is 22.5. The number of rotatable bonds is 8. The van der Waals surface area contributed by atoms with Gasteiger partial charge in [0, 0.05) is 11.3 Å². The number of benzene rings is 1. The number of methoxy groups -OCH3 is 1. The second-order valence-corrected chi connectivity index (χ2v) is 8.80. The summed E-state index contributed by atoms with van der Waals surface area (Å²) in [4.78, 5) is 27.6. The van der Waals surface area contributed by atoms with Crippen LogP contribution in [0.4, 0.5) is 0 Å². The van der Waals surface area contributed by atoms with Gasteiger partial charge in [-0.1, -0.05) is 12.1 Å². The van der Waals surface area contributed by atoms with Crippen LogP contribution in [0.15, 0.2) is 58.3 Å². The standard InChI is InChI=1S/C23H22N2O5S2/c1-3-29-18-9-8-15(12-19(18)28-2)23(27)30-14-22(26)25-17(21-7-5-11-32-21)13-16(24-25)20-6-4-10-31-20/h4-12,17H,3,13-14H2,1-2H3. The maximum absolute atomic E-state index is 13.0. The van der Waals surface area contributed by atoms with Crippen LogP contribution in [0.1, 0.15) is 39.5 Å². The van der Waals surface area contributed by atoms with Crippen LogP contribution in [-0.2, 0) is 9.53 Å². The fraction of sp³-hybridized carbons (Fsp3) is 0.261. The summed E-state index contributed by atoms with van der Waals surface area (Å²) < 4.78 is 16.0. The summed E-state index contributed by atoms with van der Waals surface area (Å²) in [5.41, 5.74) is 1.13. The topological polar surface area (TPSA) is 77.4 Å². The summed E-state index contributed by atoms with van der Waals surface area (Å²) in [5.74, 6) is -0.0284. The number of thiophene rings is 2. The first-order chi connectivity index (χ1) is 15.6. The maximum Gasteiger partial charge on any atom is 0.338 e. The largest absolute Gasteiger partial charge is 0.493 e. The van der Waals surface area contributed by atoms with Crippen LogP contribution in [0.3, 0.4) is 0 Å². The van der Waals surface area contributed by atoms with Gasteiger partial charge in [-0.2, -0.15) is 5.10 Å². The minimum atomic E-state index is -0.617. The fourth-order valence-electron chi connectivity index (χ4n) is 3.38. The molecule has 9 heteroatoms. The molecule has 1 atom stereocenters. The highest BCUT2D eigenvalue weighted by molar-refractivity contribution is 7.12. The molecule has 0 N–H and O–H groups in total. The average molecular weight is 471 g/mol. The van der Waals surface area contributed by atoms with Gasteiger partial charge in [0.15, 0.2) is 18.1 Å². The third-order valence-corrected chi connectivity index (χ3v) is 6.76. The molecule has 32 heavy (non-hydrogen) atoms. The Hall–Kier alpha value is -3.17. The lowest BCUT2D eigenvalue weighted by Crippen LogP contribution is -2.31. The van der Waals surface area contributed by atoms with Crippen molar-refractivity contribution in [2.24, 2.45) is 5.10 Å². The lowest BCUT2D eigenvalue weighted by atomic mass is 10.1. The van der Waals surface area contributed by atoms with Crippen molar-refractivity contribution in [2.45, 2.75) is 19.4 Å². The van der Waals surface area contributed by atoms with Gasteiger partial charge in [0.1, 0.15) is 0 Å². The Labute approximate surface area is 193 Å². The van der Waals surface area contributed by atoms with E-state index < -0.39 is 12.6 Å². The summed E-state index contributed by atoms with van der Waals surface area (Å²) in [5, 5.41) is 9.96. The van der Waals surface area contributed by atoms with E-state index in [9.17, 15) is 9.59 Å². The van der Waals surface area contributed by atoms with Gasteiger partial charge in [-0.05, 0) is 48.0 Å². The van der Waals surface area contributed by atoms with Gasteiger partial charge in [0.05, 0.1) is 35.9 Å². The molecule has 3 aromatic rings. The van der Waals surface area contributed by atoms with E-state index in [-0.39, 0.29) is 17.5 Å². The van der Waals surface area contributed by atoms with Crippen molar-refractivity contribution < 1.29 is 23.8 Å². The Kier molecular flexibility index (Phi) is 6.87. The third kappa shape index (κ3) is 4.68. The highest BCUT2D eigenvalue weighted by Gasteiger charge is 2.34. The summed E-state index contributed by atoms with van der Waals surface area (Å²) >= 11 is 3.16. The Morgan fingerprint density at radius 1 is 1.12 bits per heavy atom. The molecule has 0 bridgehead atoms. The fourth-order valence-corrected chi connectivity index (χ4v) is 4.91. The molecule has 0 fully saturated rings. The van der Waals surface area contributed by atoms with Crippen LogP contribution < -0.4 is 9.47 Å². The number of ether oxygens (including phenoxy) is 3. The van der Waals surface area contributed by atoms with Gasteiger partial charge in [0.25, 0.3) is 5.91 Å². The molecule has 0 saturated carbocycles. The molecule has 1 unspecified atom stereocenters. The molecule has 1 amide bonds. The number of hydrogen-bond donors (Lipinski definition) is 0. The minimum absolute atomic E-state index is 0.205. The van der Waals surface area contributed by atoms with Crippen LogP contribution in [0.5, 0.6) is 11.5 Å². The van der Waals surface area contributed by atoms with Crippen molar-refractivity contribution in [1.82, 2.24) is 5.01 Å². The first-order valence-electron chi connectivity index (χ1n) is 10.1. The molecule has 1 aromatic carbocycles. The maximum atomic E-state index is 13.0. The SMILES string of the molecule is CCOc1ccc(C(=O)OCC(=O)N2N=C(c3cccs3)CC2c2cccs2)cc1OC. The van der Waals surface area contributed by atoms with Gasteiger partial charge < -0.3 is 14.2 Å². The van der Waals surface area contributed by atoms with Crippen LogP contribution in [0.25, 0.3) is 0 Å². The lowest BCUT2D eigenvalue weighted by molar-refractivity contribution is -0.136. The normalized spacial score (nSPS) is 15.4. The number of nitrogens with zero attached hydrogens (tertiary/aromatic N) is 2. The summed E-state index contributed by atoms with van der Waals surface area (Å²) in [7, 11) is 1.50. The number of hydrogen-bond acceptors (Lipinski definition) is 8. The van der Waals surface area contributed by atoms with E-state index in [1.54, 1.807) is 34.8 Å². The summed E-state index contributed by atoms with van der Waals surface area (Å²) in [6.07, 6.45) is 0.622. The first kappa shape index (κ1) is 22.0. The predicted molar refractivity (Wildman–Crippen MR) is 124 cm³/mol. The molecule has 0 radical (unpaired) electrons. The molecular formula is C23H22N2O5S2. The van der Waals surface area contributed by atoms with E-state index >= 15 is 0 Å². The van der Waals surface area contributed by atoms with Gasteiger partial charge in [-0.15, -0.1) is 22.7 Å². The van der Waals surface area contributed by atoms with Crippen LogP contribution in [0.2, 0.25) is 0 Å². The van der Waals surface area contributed by atoms with E-state index in [4.69, 9.17) is 14.2 Å². The predicted octanol–water partition coefficient (Wildman–Crippen LogP) is 4.75. The van der Waals surface area contributed by atoms with Crippen LogP contribution in [0, 0.1) is 0 Å². The number of esters is 1. The summed E-state index contributed by atoms with van der Waals surface area (Å²) in [6, 6.07) is 12.4. The van der Waals surface area contributed by atoms with Gasteiger partial charge in [-0.3, -0.25) is 4.79 Å². The zero-order valence-corrected chi connectivity index (χ0v) is 19.3. The average Bonchev–Trinajstić information content (AvgIpc) is 3.58. The number of carbonyl (C=O) groups excluding carboxylic acids is 2. The van der Waals surface area contributed by atoms with Crippen molar-refractivity contribution in [1.29, 1.82) is 0 Å². The van der Waals surface area contributed by atoms with Crippen molar-refractivity contribution in [3.8, 4) is 11.5 Å². The molecule has 0 aliphatic carbocycles. The smallest absolute Gasteiger partial charge is 0.338 e. The highest BCUT2D eigenvalue weighted by atomic mass is 32.1. The molecule has 3 heterocycles. The second kappa shape index (κ2) is 9.97. The third-order valence-electron chi connectivity index (χ3n) is 4.87. The van der Waals surface area contributed by atoms with Crippen molar-refractivity contribution in [3.63, 3.8) is 0 Å². The monoisotopic (exact) mass is 470 g/mol. The molecule has 2 aromatic heterocycles. The summed E-state index contributed by atoms with van der Waals surface area (Å²) in [6.45, 7) is 1.93. The molecule has 166 valence electrons. The van der Waals surface area contributed by atoms with Crippen molar-refractivity contribution >= 4 is 40.3 Å². The molecule has 0 spiro atoms. The van der Waals surface area contributed by atoms with Gasteiger partial charge in [0.2, 0.25) is 0 Å². The molecule has 1 aliphatic rings. The second-order valence-electron chi connectivity index (χ2n) is 6.87. The Morgan fingerprint density at radius 3 is 2.62 bits per heavy atom. The lowest BCUT2D eigenvalue weighted by Gasteiger charge is -2.20. The first-order valence-corrected chi connectivity index (χ1v) is 11.8. The van der Waals surface area contributed by atoms with Crippen molar-refractivity contribution in [2.75, 3.05) is 20.3 Å². The van der Waals surface area contributed by atoms with Crippen molar-refractivity contribution in [3.05, 3.63) is 68.5 Å². The van der Waals surface area contributed by atoms with Crippen LogP contribution >= 0.6 is 22.7 Å². The van der Waals surface area contributed by atoms with E-state index in [2.05, 4.69) is 5.10 Å². The molecule has 1 aliphatic heterocycles. The number of carbonyl (C=O) groups is 2. The Bertz CT molecular complexity index is 1110. The van der Waals surface area contributed by atoms with E-state index in [1.807, 2.05) is 41.9 Å². The van der Waals surface area contributed by atoms with Gasteiger partial charge in [-0.25, -0.2) is 9.80 Å². The van der Waals surface area contributed by atoms with Crippen LogP contribution in [-0.4, -0.2) is 42.9 Å². The Balaban J connectivity index is 1.46. The molecular weight excluding hydrogens is 448 g/mol. The van der Waals surface area contributed by atoms with E-state index in [1.165, 1.54) is 18.2 Å². The molecule has 0 saturated heterocycles. The number of hydrazone groups is 1. The quantitative estimate of drug-likeness (QED) is 0.444.